The molecule has 2 rings (SSSR count). The molecule has 0 radical (unpaired) electrons. The molecular weight excluding hydrogens is 473 g/mol. The van der Waals surface area contributed by atoms with E-state index in [0.717, 1.165) is 0 Å². The predicted molar refractivity (Wildman–Crippen MR) is 115 cm³/mol. The van der Waals surface area contributed by atoms with Crippen LogP contribution in [-0.4, -0.2) is 56.9 Å². The number of benzene rings is 1. The Morgan fingerprint density at radius 3 is 2.09 bits per heavy atom. The van der Waals surface area contributed by atoms with Gasteiger partial charge in [-0.15, -0.1) is 0 Å². The van der Waals surface area contributed by atoms with Crippen LogP contribution in [0.1, 0.15) is 31.7 Å². The van der Waals surface area contributed by atoms with Crippen molar-refractivity contribution in [3.8, 4) is 5.75 Å². The van der Waals surface area contributed by atoms with Gasteiger partial charge in [0.25, 0.3) is 0 Å². The average Bonchev–Trinajstić information content (AvgIpc) is 3.47. The summed E-state index contributed by atoms with van der Waals surface area (Å²) in [6.07, 6.45) is 0.00783. The Hall–Kier alpha value is -3.48. The number of nitrogens with two attached hydrogens (primary N) is 2. The Balaban J connectivity index is 2.09. The second kappa shape index (κ2) is 10.6. The highest BCUT2D eigenvalue weighted by Gasteiger charge is 2.52. The van der Waals surface area contributed by atoms with E-state index in [1.807, 2.05) is 0 Å². The van der Waals surface area contributed by atoms with Gasteiger partial charge in [-0.05, 0) is 30.5 Å². The number of hydrogen-bond donors (Lipinski definition) is 7. The van der Waals surface area contributed by atoms with Gasteiger partial charge in [-0.2, -0.15) is 0 Å². The molecule has 0 heterocycles. The van der Waals surface area contributed by atoms with Gasteiger partial charge in [0.2, 0.25) is 29.5 Å². The van der Waals surface area contributed by atoms with E-state index in [4.69, 9.17) is 21.3 Å². The van der Waals surface area contributed by atoms with Crippen LogP contribution in [0.3, 0.4) is 0 Å². The first-order valence-electron chi connectivity index (χ1n) is 10.0. The first-order chi connectivity index (χ1) is 15.7. The molecule has 14 nitrogen and oxygen atoms in total. The van der Waals surface area contributed by atoms with Crippen LogP contribution in [0.4, 0.5) is 0 Å². The van der Waals surface area contributed by atoms with Crippen LogP contribution in [0.15, 0.2) is 24.3 Å². The number of nitrogens with one attached hydrogen (secondary N) is 3. The normalized spacial score (nSPS) is 15.9. The van der Waals surface area contributed by atoms with E-state index in [-0.39, 0.29) is 25.0 Å². The lowest BCUT2D eigenvalue weighted by Crippen LogP contribution is -2.58. The topological polar surface area (TPSA) is 240 Å². The van der Waals surface area contributed by atoms with Crippen molar-refractivity contribution >= 4 is 37.4 Å². The van der Waals surface area contributed by atoms with Crippen LogP contribution in [-0.2, 0) is 35.0 Å². The van der Waals surface area contributed by atoms with E-state index in [0.29, 0.717) is 5.56 Å². The van der Waals surface area contributed by atoms with Crippen molar-refractivity contribution in [2.24, 2.45) is 11.5 Å². The second-order valence-corrected chi connectivity index (χ2v) is 9.02. The minimum atomic E-state index is -4.73. The highest BCUT2D eigenvalue weighted by molar-refractivity contribution is 7.46. The molecule has 1 aromatic rings. The lowest BCUT2D eigenvalue weighted by molar-refractivity contribution is -0.134. The van der Waals surface area contributed by atoms with E-state index in [1.54, 1.807) is 0 Å². The van der Waals surface area contributed by atoms with E-state index < -0.39 is 61.4 Å². The third-order valence-electron chi connectivity index (χ3n) is 4.88. The summed E-state index contributed by atoms with van der Waals surface area (Å²) < 4.78 is 15.4. The summed E-state index contributed by atoms with van der Waals surface area (Å²) in [5.74, 6) is -3.80. The van der Waals surface area contributed by atoms with Gasteiger partial charge in [-0.1, -0.05) is 12.1 Å². The number of phosphoric ester groups is 1. The Bertz CT molecular complexity index is 1020. The summed E-state index contributed by atoms with van der Waals surface area (Å²) in [5, 5.41) is 7.37. The average molecular weight is 499 g/mol. The third-order valence-corrected chi connectivity index (χ3v) is 5.33. The number of rotatable bonds is 12. The minimum absolute atomic E-state index is 0.00904. The molecule has 1 aliphatic carbocycles. The molecule has 1 fully saturated rings. The number of carbonyl (C=O) groups is 5. The van der Waals surface area contributed by atoms with Gasteiger partial charge in [0.05, 0.1) is 6.42 Å². The first-order valence-corrected chi connectivity index (χ1v) is 11.6. The van der Waals surface area contributed by atoms with E-state index in [2.05, 4.69) is 20.5 Å². The number of primary amides is 2. The molecule has 9 N–H and O–H groups in total. The zero-order chi connectivity index (χ0) is 25.7. The van der Waals surface area contributed by atoms with Crippen molar-refractivity contribution in [2.45, 2.75) is 50.2 Å². The Labute approximate surface area is 194 Å². The maximum atomic E-state index is 12.9. The van der Waals surface area contributed by atoms with E-state index >= 15 is 0 Å². The molecule has 1 saturated carbocycles. The number of phosphoric acid groups is 1. The summed E-state index contributed by atoms with van der Waals surface area (Å²) in [7, 11) is -4.73. The fourth-order valence-corrected chi connectivity index (χ4v) is 3.49. The molecular formula is C19H26N5O9P. The molecule has 0 unspecified atom stereocenters. The summed E-state index contributed by atoms with van der Waals surface area (Å²) in [6, 6.07) is 3.06. The molecule has 0 spiro atoms. The maximum absolute atomic E-state index is 12.9. The van der Waals surface area contributed by atoms with Crippen LogP contribution in [0.25, 0.3) is 0 Å². The highest BCUT2D eigenvalue weighted by Crippen LogP contribution is 2.37. The molecule has 0 aromatic heterocycles. The molecule has 186 valence electrons. The van der Waals surface area contributed by atoms with Crippen molar-refractivity contribution in [2.75, 3.05) is 0 Å². The van der Waals surface area contributed by atoms with Gasteiger partial charge >= 0.3 is 7.82 Å². The Morgan fingerprint density at radius 2 is 1.65 bits per heavy atom. The maximum Gasteiger partial charge on any atom is 0.524 e. The van der Waals surface area contributed by atoms with Gasteiger partial charge < -0.3 is 31.9 Å². The molecule has 5 amide bonds. The van der Waals surface area contributed by atoms with Crippen LogP contribution < -0.4 is 31.9 Å². The van der Waals surface area contributed by atoms with Crippen molar-refractivity contribution in [1.29, 1.82) is 0 Å². The molecule has 0 aliphatic heterocycles. The number of hydrogen-bond acceptors (Lipinski definition) is 7. The van der Waals surface area contributed by atoms with E-state index in [1.165, 1.54) is 31.2 Å². The molecule has 0 bridgehead atoms. The fourth-order valence-electron chi connectivity index (χ4n) is 3.09. The van der Waals surface area contributed by atoms with Gasteiger partial charge in [0.1, 0.15) is 23.4 Å². The molecule has 1 aromatic carbocycles. The van der Waals surface area contributed by atoms with Crippen LogP contribution in [0, 0.1) is 0 Å². The van der Waals surface area contributed by atoms with Crippen molar-refractivity contribution < 1.29 is 42.8 Å². The van der Waals surface area contributed by atoms with E-state index in [9.17, 15) is 28.5 Å². The number of amides is 5. The Morgan fingerprint density at radius 1 is 1.06 bits per heavy atom. The minimum Gasteiger partial charge on any atom is -0.404 e. The zero-order valence-electron chi connectivity index (χ0n) is 18.1. The standard InChI is InChI=1S/C19H26N5O9P/c1-10(25)22-14(8-11-2-4-12(5-3-11)33-34(30,31)32)17(28)24-19(6-7-19)18(29)23-13(16(21)27)9-15(20)26/h2-5,13-14H,6-9H2,1H3,(H2,20,26)(H2,21,27)(H,22,25)(H,23,29)(H,24,28)(H2,30,31,32)/t13-,14-/m0/s1. The predicted octanol–water partition coefficient (Wildman–Crippen LogP) is -2.30. The molecule has 2 atom stereocenters. The highest BCUT2D eigenvalue weighted by atomic mass is 31.2. The monoisotopic (exact) mass is 499 g/mol. The number of carbonyl (C=O) groups excluding carboxylic acids is 5. The summed E-state index contributed by atoms with van der Waals surface area (Å²) in [5.41, 5.74) is 9.43. The van der Waals surface area contributed by atoms with Crippen LogP contribution >= 0.6 is 7.82 Å². The fraction of sp³-hybridized carbons (Fsp3) is 0.421. The quantitative estimate of drug-likeness (QED) is 0.153. The molecule has 34 heavy (non-hydrogen) atoms. The van der Waals surface area contributed by atoms with Crippen molar-refractivity contribution in [1.82, 2.24) is 16.0 Å². The zero-order valence-corrected chi connectivity index (χ0v) is 19.0. The molecule has 15 heteroatoms. The molecule has 1 aliphatic rings. The van der Waals surface area contributed by atoms with Gasteiger partial charge in [-0.25, -0.2) is 4.57 Å². The second-order valence-electron chi connectivity index (χ2n) is 7.85. The largest absolute Gasteiger partial charge is 0.524 e. The SMILES string of the molecule is CC(=O)N[C@@H](Cc1ccc(OP(=O)(O)O)cc1)C(=O)NC1(C(=O)N[C@@H](CC(N)=O)C(N)=O)CC1. The van der Waals surface area contributed by atoms with Crippen LogP contribution in [0.2, 0.25) is 0 Å². The first kappa shape index (κ1) is 26.8. The summed E-state index contributed by atoms with van der Waals surface area (Å²) >= 11 is 0. The van der Waals surface area contributed by atoms with Gasteiger partial charge in [0.15, 0.2) is 0 Å². The van der Waals surface area contributed by atoms with Crippen LogP contribution in [0.5, 0.6) is 5.75 Å². The van der Waals surface area contributed by atoms with Gasteiger partial charge in [-0.3, -0.25) is 33.8 Å². The van der Waals surface area contributed by atoms with Crippen molar-refractivity contribution in [3.05, 3.63) is 29.8 Å². The van der Waals surface area contributed by atoms with Gasteiger partial charge in [0, 0.05) is 13.3 Å². The lowest BCUT2D eigenvalue weighted by atomic mass is 10.0. The summed E-state index contributed by atoms with van der Waals surface area (Å²) in [4.78, 5) is 77.5. The third kappa shape index (κ3) is 8.14. The Kier molecular flexibility index (Phi) is 8.37. The molecule has 0 saturated heterocycles. The summed E-state index contributed by atoms with van der Waals surface area (Å²) in [6.45, 7) is 1.21. The smallest absolute Gasteiger partial charge is 0.404 e. The van der Waals surface area contributed by atoms with Crippen molar-refractivity contribution in [3.63, 3.8) is 0 Å². The lowest BCUT2D eigenvalue weighted by Gasteiger charge is -2.24.